The van der Waals surface area contributed by atoms with Gasteiger partial charge in [0, 0.05) is 31.4 Å². The summed E-state index contributed by atoms with van der Waals surface area (Å²) >= 11 is 0. The molecule has 1 saturated heterocycles. The monoisotopic (exact) mass is 275 g/mol. The molecule has 2 N–H and O–H groups in total. The highest BCUT2D eigenvalue weighted by Crippen LogP contribution is 2.31. The summed E-state index contributed by atoms with van der Waals surface area (Å²) in [6, 6.07) is 3.87. The molecule has 0 spiro atoms. The lowest BCUT2D eigenvalue weighted by Gasteiger charge is -2.21. The number of aromatic nitrogens is 4. The van der Waals surface area contributed by atoms with Crippen LogP contribution in [0.1, 0.15) is 17.7 Å². The predicted molar refractivity (Wildman–Crippen MR) is 71.0 cm³/mol. The van der Waals surface area contributed by atoms with Gasteiger partial charge in [-0.15, -0.1) is 0 Å². The smallest absolute Gasteiger partial charge is 0.217 e. The molecule has 2 aromatic heterocycles. The number of pyridine rings is 1. The van der Waals surface area contributed by atoms with Gasteiger partial charge in [0.1, 0.15) is 11.3 Å². The Morgan fingerprint density at radius 2 is 2.45 bits per heavy atom. The van der Waals surface area contributed by atoms with E-state index in [0.29, 0.717) is 31.1 Å². The number of rotatable bonds is 4. The highest BCUT2D eigenvalue weighted by Gasteiger charge is 2.39. The minimum absolute atomic E-state index is 0.525. The Kier molecular flexibility index (Phi) is 3.37. The van der Waals surface area contributed by atoms with Gasteiger partial charge < -0.3 is 9.84 Å². The fourth-order valence-electron chi connectivity index (χ4n) is 2.61. The zero-order chi connectivity index (χ0) is 14.0. The van der Waals surface area contributed by atoms with Crippen LogP contribution in [-0.2, 0) is 12.1 Å². The van der Waals surface area contributed by atoms with Crippen LogP contribution < -0.4 is 4.74 Å². The minimum Gasteiger partial charge on any atom is -0.481 e. The van der Waals surface area contributed by atoms with Gasteiger partial charge in [-0.05, 0) is 12.5 Å². The van der Waals surface area contributed by atoms with Gasteiger partial charge >= 0.3 is 0 Å². The second-order valence-corrected chi connectivity index (χ2v) is 5.02. The van der Waals surface area contributed by atoms with Gasteiger partial charge in [-0.3, -0.25) is 4.90 Å². The van der Waals surface area contributed by atoms with Crippen LogP contribution in [-0.4, -0.2) is 50.6 Å². The summed E-state index contributed by atoms with van der Waals surface area (Å²) in [7, 11) is 1.61. The maximum Gasteiger partial charge on any atom is 0.217 e. The number of β-amino-alcohol motifs (C(OH)–C–C–N with tert-alkyl or cyclic N) is 1. The summed E-state index contributed by atoms with van der Waals surface area (Å²) in [6.45, 7) is 2.01. The summed E-state index contributed by atoms with van der Waals surface area (Å²) in [5.74, 6) is 0.629. The molecular formula is C13H17N5O2. The predicted octanol–water partition coefficient (Wildman–Crippen LogP) is 0.302. The highest BCUT2D eigenvalue weighted by molar-refractivity contribution is 5.25. The number of H-pyrrole nitrogens is 1. The first kappa shape index (κ1) is 13.0. The van der Waals surface area contributed by atoms with Gasteiger partial charge in [0.2, 0.25) is 5.88 Å². The van der Waals surface area contributed by atoms with E-state index >= 15 is 0 Å². The molecule has 0 saturated carbocycles. The van der Waals surface area contributed by atoms with E-state index in [0.717, 1.165) is 12.1 Å². The number of ether oxygens (including phenoxy) is 1. The Morgan fingerprint density at radius 1 is 1.55 bits per heavy atom. The zero-order valence-corrected chi connectivity index (χ0v) is 11.3. The summed E-state index contributed by atoms with van der Waals surface area (Å²) in [5.41, 5.74) is 0.681. The summed E-state index contributed by atoms with van der Waals surface area (Å²) < 4.78 is 5.25. The van der Waals surface area contributed by atoms with Crippen LogP contribution in [0.25, 0.3) is 0 Å². The third kappa shape index (κ3) is 2.37. The third-order valence-corrected chi connectivity index (χ3v) is 3.66. The van der Waals surface area contributed by atoms with E-state index in [-0.39, 0.29) is 0 Å². The molecule has 0 amide bonds. The molecule has 0 radical (unpaired) electrons. The zero-order valence-electron chi connectivity index (χ0n) is 11.3. The molecule has 0 aliphatic carbocycles. The number of hydrogen-bond donors (Lipinski definition) is 2. The standard InChI is InChI=1S/C13H17N5O2/c1-20-12-10(3-2-5-14-12)8-18-6-4-13(19,9-18)11-7-15-17-16-11/h2-3,5,7,19H,4,6,8-9H2,1H3,(H,15,16,17)/t13-/m0/s1. The van der Waals surface area contributed by atoms with Crippen molar-refractivity contribution in [1.82, 2.24) is 25.3 Å². The van der Waals surface area contributed by atoms with Crippen molar-refractivity contribution in [3.05, 3.63) is 35.8 Å². The SMILES string of the molecule is COc1ncccc1CN1CC[C@@](O)(c2cn[nH]n2)C1. The van der Waals surface area contributed by atoms with Crippen LogP contribution in [0.2, 0.25) is 0 Å². The molecule has 7 nitrogen and oxygen atoms in total. The molecule has 0 aromatic carbocycles. The maximum absolute atomic E-state index is 10.6. The van der Waals surface area contributed by atoms with Crippen molar-refractivity contribution in [2.75, 3.05) is 20.2 Å². The quantitative estimate of drug-likeness (QED) is 0.834. The maximum atomic E-state index is 10.6. The van der Waals surface area contributed by atoms with Crippen molar-refractivity contribution in [2.45, 2.75) is 18.6 Å². The number of likely N-dealkylation sites (tertiary alicyclic amines) is 1. The fraction of sp³-hybridized carbons (Fsp3) is 0.462. The molecule has 1 fully saturated rings. The number of hydrogen-bond acceptors (Lipinski definition) is 6. The lowest BCUT2D eigenvalue weighted by molar-refractivity contribution is 0.0408. The summed E-state index contributed by atoms with van der Waals surface area (Å²) in [6.07, 6.45) is 3.92. The summed E-state index contributed by atoms with van der Waals surface area (Å²) in [5, 5.41) is 20.9. The Labute approximate surface area is 116 Å². The molecule has 20 heavy (non-hydrogen) atoms. The fourth-order valence-corrected chi connectivity index (χ4v) is 2.61. The first-order valence-corrected chi connectivity index (χ1v) is 6.50. The van der Waals surface area contributed by atoms with E-state index in [1.54, 1.807) is 19.5 Å². The van der Waals surface area contributed by atoms with Crippen LogP contribution >= 0.6 is 0 Å². The summed E-state index contributed by atoms with van der Waals surface area (Å²) in [4.78, 5) is 6.35. The van der Waals surface area contributed by atoms with E-state index in [1.165, 1.54) is 0 Å². The van der Waals surface area contributed by atoms with E-state index in [1.807, 2.05) is 12.1 Å². The molecule has 3 rings (SSSR count). The minimum atomic E-state index is -0.928. The molecule has 1 aliphatic rings. The average Bonchev–Trinajstić information content (AvgIpc) is 3.10. The van der Waals surface area contributed by atoms with Crippen LogP contribution in [0.4, 0.5) is 0 Å². The number of aromatic amines is 1. The van der Waals surface area contributed by atoms with Gasteiger partial charge in [-0.1, -0.05) is 6.07 Å². The van der Waals surface area contributed by atoms with Gasteiger partial charge in [-0.2, -0.15) is 15.4 Å². The molecule has 0 unspecified atom stereocenters. The van der Waals surface area contributed by atoms with Gasteiger partial charge in [0.25, 0.3) is 0 Å². The van der Waals surface area contributed by atoms with Gasteiger partial charge in [-0.25, -0.2) is 4.98 Å². The second kappa shape index (κ2) is 5.18. The Bertz CT molecular complexity index is 574. The van der Waals surface area contributed by atoms with E-state index in [9.17, 15) is 5.11 Å². The molecule has 1 atom stereocenters. The van der Waals surface area contributed by atoms with E-state index in [4.69, 9.17) is 4.74 Å². The number of methoxy groups -OCH3 is 1. The lowest BCUT2D eigenvalue weighted by Crippen LogP contribution is -2.31. The molecular weight excluding hydrogens is 258 g/mol. The van der Waals surface area contributed by atoms with E-state index in [2.05, 4.69) is 25.3 Å². The molecule has 0 bridgehead atoms. The Balaban J connectivity index is 1.72. The van der Waals surface area contributed by atoms with Crippen molar-refractivity contribution < 1.29 is 9.84 Å². The van der Waals surface area contributed by atoms with Gasteiger partial charge in [0.15, 0.2) is 0 Å². The third-order valence-electron chi connectivity index (χ3n) is 3.66. The molecule has 106 valence electrons. The van der Waals surface area contributed by atoms with Crippen LogP contribution in [0.3, 0.4) is 0 Å². The lowest BCUT2D eigenvalue weighted by atomic mass is 10.00. The van der Waals surface area contributed by atoms with Crippen LogP contribution in [0.5, 0.6) is 5.88 Å². The normalized spacial score (nSPS) is 23.1. The first-order valence-electron chi connectivity index (χ1n) is 6.50. The largest absolute Gasteiger partial charge is 0.481 e. The number of nitrogens with one attached hydrogen (secondary N) is 1. The Hall–Kier alpha value is -1.99. The van der Waals surface area contributed by atoms with Crippen molar-refractivity contribution in [2.24, 2.45) is 0 Å². The topological polar surface area (TPSA) is 87.2 Å². The van der Waals surface area contributed by atoms with Crippen molar-refractivity contribution in [3.8, 4) is 5.88 Å². The second-order valence-electron chi connectivity index (χ2n) is 5.02. The van der Waals surface area contributed by atoms with Crippen LogP contribution in [0.15, 0.2) is 24.5 Å². The number of nitrogens with zero attached hydrogens (tertiary/aromatic N) is 4. The van der Waals surface area contributed by atoms with Crippen molar-refractivity contribution in [3.63, 3.8) is 0 Å². The number of aliphatic hydroxyl groups is 1. The first-order chi connectivity index (χ1) is 9.71. The van der Waals surface area contributed by atoms with Crippen LogP contribution in [0, 0.1) is 0 Å². The molecule has 7 heteroatoms. The molecule has 2 aromatic rings. The molecule has 3 heterocycles. The van der Waals surface area contributed by atoms with Gasteiger partial charge in [0.05, 0.1) is 13.3 Å². The average molecular weight is 275 g/mol. The van der Waals surface area contributed by atoms with Crippen molar-refractivity contribution in [1.29, 1.82) is 0 Å². The van der Waals surface area contributed by atoms with E-state index < -0.39 is 5.60 Å². The van der Waals surface area contributed by atoms with Crippen molar-refractivity contribution >= 4 is 0 Å². The molecule has 1 aliphatic heterocycles. The highest BCUT2D eigenvalue weighted by atomic mass is 16.5. The Morgan fingerprint density at radius 3 is 3.20 bits per heavy atom.